The van der Waals surface area contributed by atoms with Crippen molar-refractivity contribution < 1.29 is 9.66 Å². The molecule has 0 radical (unpaired) electrons. The lowest BCUT2D eigenvalue weighted by Gasteiger charge is -2.21. The summed E-state index contributed by atoms with van der Waals surface area (Å²) in [5.74, 6) is 3.02. The van der Waals surface area contributed by atoms with E-state index < -0.39 is 10.5 Å². The summed E-state index contributed by atoms with van der Waals surface area (Å²) in [6.45, 7) is 7.35. The van der Waals surface area contributed by atoms with E-state index in [1.165, 1.54) is 12.1 Å². The first-order chi connectivity index (χ1) is 8.73. The minimum atomic E-state index is -0.593. The highest BCUT2D eigenvalue weighted by molar-refractivity contribution is 5.58. The molecule has 0 heterocycles. The third kappa shape index (κ3) is 4.51. The zero-order valence-corrected chi connectivity index (χ0v) is 11.6. The molecular weight excluding hydrogens is 244 g/mol. The van der Waals surface area contributed by atoms with Crippen LogP contribution in [0.15, 0.2) is 18.2 Å². The van der Waals surface area contributed by atoms with Crippen molar-refractivity contribution in [1.82, 2.24) is 0 Å². The van der Waals surface area contributed by atoms with Crippen LogP contribution in [0.4, 0.5) is 11.4 Å². The average molecular weight is 262 g/mol. The quantitative estimate of drug-likeness (QED) is 0.502. The number of benzene rings is 1. The lowest BCUT2D eigenvalue weighted by atomic mass is 10.1. The van der Waals surface area contributed by atoms with Gasteiger partial charge in [-0.15, -0.1) is 6.42 Å². The number of hydrogen-bond donors (Lipinski definition) is 1. The Balaban J connectivity index is 3.14. The zero-order chi connectivity index (χ0) is 14.6. The second-order valence-corrected chi connectivity index (χ2v) is 5.03. The van der Waals surface area contributed by atoms with Gasteiger partial charge in [0.1, 0.15) is 5.75 Å². The van der Waals surface area contributed by atoms with E-state index in [1.807, 2.05) is 27.7 Å². The summed E-state index contributed by atoms with van der Waals surface area (Å²) >= 11 is 0. The molecule has 0 unspecified atom stereocenters. The Morgan fingerprint density at radius 1 is 1.42 bits per heavy atom. The third-order valence-corrected chi connectivity index (χ3v) is 2.29. The molecule has 0 aliphatic carbocycles. The molecule has 0 atom stereocenters. The second-order valence-electron chi connectivity index (χ2n) is 5.03. The topological polar surface area (TPSA) is 64.4 Å². The molecule has 5 nitrogen and oxygen atoms in total. The SMILES string of the molecule is C#CC(C)(C)Nc1cc(OC(C)C)cc([N+](=O)[O-])c1. The molecule has 0 aromatic heterocycles. The van der Waals surface area contributed by atoms with Crippen LogP contribution in [0.5, 0.6) is 5.75 Å². The number of non-ortho nitro benzene ring substituents is 1. The summed E-state index contributed by atoms with van der Waals surface area (Å²) in [4.78, 5) is 10.5. The molecule has 0 spiro atoms. The first kappa shape index (κ1) is 14.8. The number of rotatable bonds is 5. The van der Waals surface area contributed by atoms with Gasteiger partial charge in [-0.2, -0.15) is 0 Å². The van der Waals surface area contributed by atoms with Crippen molar-refractivity contribution in [3.63, 3.8) is 0 Å². The summed E-state index contributed by atoms with van der Waals surface area (Å²) in [6, 6.07) is 4.53. The summed E-state index contributed by atoms with van der Waals surface area (Å²) in [6.07, 6.45) is 5.33. The van der Waals surface area contributed by atoms with Crippen LogP contribution in [0, 0.1) is 22.5 Å². The van der Waals surface area contributed by atoms with Crippen LogP contribution in [-0.4, -0.2) is 16.6 Å². The Morgan fingerprint density at radius 3 is 2.53 bits per heavy atom. The second kappa shape index (κ2) is 5.61. The molecule has 1 aromatic carbocycles. The van der Waals surface area contributed by atoms with Gasteiger partial charge in [0.05, 0.1) is 22.6 Å². The first-order valence-electron chi connectivity index (χ1n) is 5.95. The van der Waals surface area contributed by atoms with E-state index in [1.54, 1.807) is 6.07 Å². The fourth-order valence-electron chi connectivity index (χ4n) is 1.50. The monoisotopic (exact) mass is 262 g/mol. The Hall–Kier alpha value is -2.22. The molecular formula is C14H18N2O3. The predicted octanol–water partition coefficient (Wildman–Crippen LogP) is 3.21. The summed E-state index contributed by atoms with van der Waals surface area (Å²) in [5.41, 5.74) is -0.0640. The highest BCUT2D eigenvalue weighted by Gasteiger charge is 2.17. The number of nitro benzene ring substituents is 1. The number of nitro groups is 1. The van der Waals surface area contributed by atoms with Crippen molar-refractivity contribution in [2.75, 3.05) is 5.32 Å². The maximum absolute atomic E-state index is 10.9. The normalized spacial score (nSPS) is 10.9. The number of ether oxygens (including phenoxy) is 1. The Kier molecular flexibility index (Phi) is 4.38. The van der Waals surface area contributed by atoms with Crippen molar-refractivity contribution in [2.45, 2.75) is 39.3 Å². The zero-order valence-electron chi connectivity index (χ0n) is 11.6. The van der Waals surface area contributed by atoms with Crippen LogP contribution in [0.3, 0.4) is 0 Å². The van der Waals surface area contributed by atoms with E-state index in [9.17, 15) is 10.1 Å². The average Bonchev–Trinajstić information content (AvgIpc) is 2.27. The molecule has 5 heteroatoms. The highest BCUT2D eigenvalue weighted by atomic mass is 16.6. The van der Waals surface area contributed by atoms with Crippen LogP contribution in [0.25, 0.3) is 0 Å². The molecule has 102 valence electrons. The number of nitrogens with one attached hydrogen (secondary N) is 1. The number of nitrogens with zero attached hydrogens (tertiary/aromatic N) is 1. The van der Waals surface area contributed by atoms with Gasteiger partial charge < -0.3 is 10.1 Å². The fourth-order valence-corrected chi connectivity index (χ4v) is 1.50. The van der Waals surface area contributed by atoms with Gasteiger partial charge in [0.2, 0.25) is 0 Å². The molecule has 0 aliphatic heterocycles. The maximum Gasteiger partial charge on any atom is 0.275 e. The minimum absolute atomic E-state index is 0.0338. The van der Waals surface area contributed by atoms with Crippen LogP contribution in [0.2, 0.25) is 0 Å². The van der Waals surface area contributed by atoms with Gasteiger partial charge in [0, 0.05) is 17.8 Å². The molecule has 0 fully saturated rings. The molecule has 0 bridgehead atoms. The van der Waals surface area contributed by atoms with E-state index >= 15 is 0 Å². The molecule has 1 rings (SSSR count). The summed E-state index contributed by atoms with van der Waals surface area (Å²) < 4.78 is 5.50. The molecule has 0 saturated heterocycles. The summed E-state index contributed by atoms with van der Waals surface area (Å²) in [5, 5.41) is 14.0. The molecule has 0 saturated carbocycles. The van der Waals surface area contributed by atoms with Gasteiger partial charge in [-0.1, -0.05) is 5.92 Å². The molecule has 0 aliphatic rings. The number of terminal acetylenes is 1. The number of hydrogen-bond acceptors (Lipinski definition) is 4. The maximum atomic E-state index is 10.9. The molecule has 1 aromatic rings. The van der Waals surface area contributed by atoms with Crippen molar-refractivity contribution in [1.29, 1.82) is 0 Å². The fraction of sp³-hybridized carbons (Fsp3) is 0.429. The van der Waals surface area contributed by atoms with Gasteiger partial charge in [-0.25, -0.2) is 0 Å². The van der Waals surface area contributed by atoms with E-state index in [0.717, 1.165) is 0 Å². The third-order valence-electron chi connectivity index (χ3n) is 2.29. The molecule has 0 amide bonds. The van der Waals surface area contributed by atoms with Crippen molar-refractivity contribution in [3.8, 4) is 18.1 Å². The van der Waals surface area contributed by atoms with Gasteiger partial charge in [-0.3, -0.25) is 10.1 Å². The lowest BCUT2D eigenvalue weighted by molar-refractivity contribution is -0.384. The summed E-state index contributed by atoms with van der Waals surface area (Å²) in [7, 11) is 0. The van der Waals surface area contributed by atoms with Gasteiger partial charge in [-0.05, 0) is 27.7 Å². The van der Waals surface area contributed by atoms with E-state index in [2.05, 4.69) is 11.2 Å². The Labute approximate surface area is 113 Å². The first-order valence-corrected chi connectivity index (χ1v) is 5.95. The van der Waals surface area contributed by atoms with Crippen molar-refractivity contribution >= 4 is 11.4 Å². The van der Waals surface area contributed by atoms with Gasteiger partial charge >= 0.3 is 0 Å². The van der Waals surface area contributed by atoms with Gasteiger partial charge in [0.15, 0.2) is 0 Å². The van der Waals surface area contributed by atoms with E-state index in [4.69, 9.17) is 11.2 Å². The molecule has 1 N–H and O–H groups in total. The lowest BCUT2D eigenvalue weighted by Crippen LogP contribution is -2.28. The standard InChI is InChI=1S/C14H18N2O3/c1-6-14(4,5)15-11-7-12(16(17)18)9-13(8-11)19-10(2)3/h1,7-10,15H,2-5H3. The Morgan fingerprint density at radius 2 is 2.05 bits per heavy atom. The minimum Gasteiger partial charge on any atom is -0.491 e. The van der Waals surface area contributed by atoms with E-state index in [-0.39, 0.29) is 11.8 Å². The Bertz CT molecular complexity index is 516. The van der Waals surface area contributed by atoms with E-state index in [0.29, 0.717) is 11.4 Å². The van der Waals surface area contributed by atoms with Crippen LogP contribution >= 0.6 is 0 Å². The van der Waals surface area contributed by atoms with Gasteiger partial charge in [0.25, 0.3) is 5.69 Å². The van der Waals surface area contributed by atoms with Crippen molar-refractivity contribution in [3.05, 3.63) is 28.3 Å². The highest BCUT2D eigenvalue weighted by Crippen LogP contribution is 2.28. The van der Waals surface area contributed by atoms with Crippen LogP contribution in [0.1, 0.15) is 27.7 Å². The smallest absolute Gasteiger partial charge is 0.275 e. The van der Waals surface area contributed by atoms with Crippen LogP contribution in [-0.2, 0) is 0 Å². The number of anilines is 1. The largest absolute Gasteiger partial charge is 0.491 e. The molecule has 19 heavy (non-hydrogen) atoms. The van der Waals surface area contributed by atoms with Crippen LogP contribution < -0.4 is 10.1 Å². The predicted molar refractivity (Wildman–Crippen MR) is 75.4 cm³/mol. The van der Waals surface area contributed by atoms with Crippen molar-refractivity contribution in [2.24, 2.45) is 0 Å².